The lowest BCUT2D eigenvalue weighted by molar-refractivity contribution is -0.154. The van der Waals surface area contributed by atoms with Gasteiger partial charge in [0.2, 0.25) is 0 Å². The maximum absolute atomic E-state index is 11.5. The van der Waals surface area contributed by atoms with Gasteiger partial charge in [-0.15, -0.1) is 11.3 Å². The normalized spacial score (nSPS) is 12.4. The molecule has 0 saturated carbocycles. The Morgan fingerprint density at radius 2 is 2.00 bits per heavy atom. The van der Waals surface area contributed by atoms with Crippen LogP contribution in [0.5, 0.6) is 0 Å². The van der Waals surface area contributed by atoms with E-state index in [1.54, 1.807) is 12.1 Å². The highest BCUT2D eigenvalue weighted by Crippen LogP contribution is 2.21. The van der Waals surface area contributed by atoms with Crippen molar-refractivity contribution < 1.29 is 17.9 Å². The summed E-state index contributed by atoms with van der Waals surface area (Å²) in [6, 6.07) is 3.38. The largest absolute Gasteiger partial charge is 0.460 e. The van der Waals surface area contributed by atoms with Gasteiger partial charge in [0.1, 0.15) is 9.81 Å². The number of thiophene rings is 1. The maximum Gasteiger partial charge on any atom is 0.307 e. The number of hydrogen-bond donors (Lipinski definition) is 1. The molecule has 0 unspecified atom stereocenters. The molecule has 0 fully saturated rings. The van der Waals surface area contributed by atoms with E-state index in [0.717, 1.165) is 4.88 Å². The number of sulfone groups is 1. The first-order valence-electron chi connectivity index (χ1n) is 6.29. The summed E-state index contributed by atoms with van der Waals surface area (Å²) in [5, 5.41) is 3.10. The van der Waals surface area contributed by atoms with E-state index in [2.05, 4.69) is 5.32 Å². The van der Waals surface area contributed by atoms with Crippen LogP contribution in [-0.4, -0.2) is 32.8 Å². The van der Waals surface area contributed by atoms with E-state index in [0.29, 0.717) is 23.7 Å². The lowest BCUT2D eigenvalue weighted by Crippen LogP contribution is -2.26. The van der Waals surface area contributed by atoms with Gasteiger partial charge in [0.05, 0.1) is 6.42 Å². The van der Waals surface area contributed by atoms with E-state index in [9.17, 15) is 13.2 Å². The minimum Gasteiger partial charge on any atom is -0.460 e. The van der Waals surface area contributed by atoms with Crippen molar-refractivity contribution in [3.05, 3.63) is 17.0 Å². The van der Waals surface area contributed by atoms with Gasteiger partial charge in [0, 0.05) is 24.2 Å². The van der Waals surface area contributed by atoms with Crippen LogP contribution in [0.3, 0.4) is 0 Å². The van der Waals surface area contributed by atoms with Gasteiger partial charge >= 0.3 is 5.97 Å². The van der Waals surface area contributed by atoms with Crippen LogP contribution in [-0.2, 0) is 25.9 Å². The average Bonchev–Trinajstić information content (AvgIpc) is 2.70. The van der Waals surface area contributed by atoms with Crippen LogP contribution in [0, 0.1) is 0 Å². The Balaban J connectivity index is 2.32. The molecule has 1 N–H and O–H groups in total. The van der Waals surface area contributed by atoms with E-state index in [1.165, 1.54) is 17.6 Å². The van der Waals surface area contributed by atoms with Crippen molar-refractivity contribution in [2.24, 2.45) is 0 Å². The van der Waals surface area contributed by atoms with E-state index in [1.807, 2.05) is 20.8 Å². The zero-order valence-corrected chi connectivity index (χ0v) is 13.9. The molecule has 1 aromatic heterocycles. The van der Waals surface area contributed by atoms with Gasteiger partial charge in [-0.05, 0) is 32.9 Å². The molecule has 0 spiro atoms. The van der Waals surface area contributed by atoms with E-state index in [4.69, 9.17) is 4.74 Å². The molecule has 0 saturated heterocycles. The molecule has 0 aliphatic heterocycles. The standard InChI is InChI=1S/C13H21NO4S2/c1-13(2,3)18-11(15)7-8-14-9-10-5-6-12(19-10)20(4,16)17/h5-6,14H,7-9H2,1-4H3. The number of nitrogens with one attached hydrogen (secondary N) is 1. The summed E-state index contributed by atoms with van der Waals surface area (Å²) in [6.07, 6.45) is 1.49. The van der Waals surface area contributed by atoms with Gasteiger partial charge in [-0.2, -0.15) is 0 Å². The maximum atomic E-state index is 11.5. The second-order valence-corrected chi connectivity index (χ2v) is 8.92. The first kappa shape index (κ1) is 17.1. The molecular weight excluding hydrogens is 298 g/mol. The van der Waals surface area contributed by atoms with Gasteiger partial charge in [-0.1, -0.05) is 0 Å². The van der Waals surface area contributed by atoms with Crippen LogP contribution in [0.2, 0.25) is 0 Å². The summed E-state index contributed by atoms with van der Waals surface area (Å²) in [7, 11) is -3.13. The molecule has 0 amide bonds. The molecule has 114 valence electrons. The molecular formula is C13H21NO4S2. The fraction of sp³-hybridized carbons (Fsp3) is 0.615. The summed E-state index contributed by atoms with van der Waals surface area (Å²) in [6.45, 7) is 6.54. The van der Waals surface area contributed by atoms with Crippen LogP contribution >= 0.6 is 11.3 Å². The smallest absolute Gasteiger partial charge is 0.307 e. The summed E-state index contributed by atoms with van der Waals surface area (Å²) in [4.78, 5) is 12.4. The number of rotatable bonds is 6. The molecule has 1 heterocycles. The zero-order valence-electron chi connectivity index (χ0n) is 12.2. The fourth-order valence-electron chi connectivity index (χ4n) is 1.45. The van der Waals surface area contributed by atoms with E-state index in [-0.39, 0.29) is 5.97 Å². The van der Waals surface area contributed by atoms with Crippen LogP contribution in [0.25, 0.3) is 0 Å². The molecule has 0 aromatic carbocycles. The van der Waals surface area contributed by atoms with Gasteiger partial charge in [0.25, 0.3) is 0 Å². The van der Waals surface area contributed by atoms with Crippen LogP contribution in [0.4, 0.5) is 0 Å². The van der Waals surface area contributed by atoms with E-state index < -0.39 is 15.4 Å². The highest BCUT2D eigenvalue weighted by Gasteiger charge is 2.15. The Hall–Kier alpha value is -0.920. The molecule has 0 atom stereocenters. The van der Waals surface area contributed by atoms with Crippen molar-refractivity contribution in [3.63, 3.8) is 0 Å². The monoisotopic (exact) mass is 319 g/mol. The molecule has 0 bridgehead atoms. The van der Waals surface area contributed by atoms with Crippen molar-refractivity contribution in [1.82, 2.24) is 5.32 Å². The van der Waals surface area contributed by atoms with Gasteiger partial charge < -0.3 is 10.1 Å². The zero-order chi connectivity index (χ0) is 15.4. The van der Waals surface area contributed by atoms with Gasteiger partial charge in [0.15, 0.2) is 9.84 Å². The quantitative estimate of drug-likeness (QED) is 0.641. The molecule has 0 aliphatic rings. The predicted molar refractivity (Wildman–Crippen MR) is 79.6 cm³/mol. The summed E-state index contributed by atoms with van der Waals surface area (Å²) >= 11 is 1.24. The van der Waals surface area contributed by atoms with Crippen molar-refractivity contribution in [1.29, 1.82) is 0 Å². The molecule has 1 rings (SSSR count). The second-order valence-electron chi connectivity index (χ2n) is 5.51. The molecule has 20 heavy (non-hydrogen) atoms. The third-order valence-corrected chi connectivity index (χ3v) is 5.13. The number of ether oxygens (including phenoxy) is 1. The Kier molecular flexibility index (Phi) is 5.73. The minimum absolute atomic E-state index is 0.243. The Bertz CT molecular complexity index is 555. The molecule has 7 heteroatoms. The lowest BCUT2D eigenvalue weighted by Gasteiger charge is -2.19. The number of carbonyl (C=O) groups excluding carboxylic acids is 1. The van der Waals surface area contributed by atoms with Gasteiger partial charge in [-0.3, -0.25) is 4.79 Å². The molecule has 5 nitrogen and oxygen atoms in total. The first-order chi connectivity index (χ1) is 9.08. The third-order valence-electron chi connectivity index (χ3n) is 2.23. The Labute approximate surface area is 124 Å². The first-order valence-corrected chi connectivity index (χ1v) is 9.00. The average molecular weight is 319 g/mol. The topological polar surface area (TPSA) is 72.5 Å². The highest BCUT2D eigenvalue weighted by atomic mass is 32.2. The van der Waals surface area contributed by atoms with Crippen molar-refractivity contribution in [2.45, 2.75) is 43.5 Å². The van der Waals surface area contributed by atoms with Crippen LogP contribution in [0.1, 0.15) is 32.1 Å². The molecule has 0 aliphatic carbocycles. The second kappa shape index (κ2) is 6.69. The highest BCUT2D eigenvalue weighted by molar-refractivity contribution is 7.92. The number of esters is 1. The van der Waals surface area contributed by atoms with Gasteiger partial charge in [-0.25, -0.2) is 8.42 Å². The summed E-state index contributed by atoms with van der Waals surface area (Å²) in [5.41, 5.74) is -0.463. The van der Waals surface area contributed by atoms with E-state index >= 15 is 0 Å². The van der Waals surface area contributed by atoms with Crippen molar-refractivity contribution in [3.8, 4) is 0 Å². The fourth-order valence-corrected chi connectivity index (χ4v) is 3.39. The van der Waals surface area contributed by atoms with Crippen LogP contribution < -0.4 is 5.32 Å². The lowest BCUT2D eigenvalue weighted by atomic mass is 10.2. The van der Waals surface area contributed by atoms with Crippen molar-refractivity contribution >= 4 is 27.1 Å². The summed E-state index contributed by atoms with van der Waals surface area (Å²) in [5.74, 6) is -0.243. The molecule has 0 radical (unpaired) electrons. The number of hydrogen-bond acceptors (Lipinski definition) is 6. The Morgan fingerprint density at radius 3 is 2.50 bits per heavy atom. The number of carbonyl (C=O) groups is 1. The molecule has 1 aromatic rings. The Morgan fingerprint density at radius 1 is 1.35 bits per heavy atom. The van der Waals surface area contributed by atoms with Crippen molar-refractivity contribution in [2.75, 3.05) is 12.8 Å². The minimum atomic E-state index is -3.13. The third kappa shape index (κ3) is 6.49. The van der Waals surface area contributed by atoms with Crippen LogP contribution in [0.15, 0.2) is 16.3 Å². The predicted octanol–water partition coefficient (Wildman–Crippen LogP) is 1.97. The SMILES string of the molecule is CC(C)(C)OC(=O)CCNCc1ccc(S(C)(=O)=O)s1. The summed E-state index contributed by atoms with van der Waals surface area (Å²) < 4.78 is 28.2.